The number of methoxy groups -OCH3 is 2. The summed E-state index contributed by atoms with van der Waals surface area (Å²) in [6, 6.07) is 16.1. The lowest BCUT2D eigenvalue weighted by atomic mass is 10.1. The Kier molecular flexibility index (Phi) is 5.37. The summed E-state index contributed by atoms with van der Waals surface area (Å²) >= 11 is 0. The molecule has 0 saturated heterocycles. The number of carbonyl (C=O) groups is 1. The molecule has 0 radical (unpaired) electrons. The third-order valence-corrected chi connectivity index (χ3v) is 3.13. The van der Waals surface area contributed by atoms with Crippen LogP contribution < -0.4 is 14.8 Å². The molecule has 5 nitrogen and oxygen atoms in total. The van der Waals surface area contributed by atoms with E-state index in [1.54, 1.807) is 25.3 Å². The van der Waals surface area contributed by atoms with Gasteiger partial charge in [-0.3, -0.25) is 4.79 Å². The summed E-state index contributed by atoms with van der Waals surface area (Å²) < 4.78 is 10.3. The summed E-state index contributed by atoms with van der Waals surface area (Å²) in [5.41, 5.74) is 1.25. The Morgan fingerprint density at radius 2 is 1.87 bits per heavy atom. The molecule has 23 heavy (non-hydrogen) atoms. The van der Waals surface area contributed by atoms with Crippen molar-refractivity contribution in [2.45, 2.75) is 0 Å². The van der Waals surface area contributed by atoms with Crippen molar-refractivity contribution in [3.8, 4) is 17.6 Å². The van der Waals surface area contributed by atoms with Gasteiger partial charge >= 0.3 is 0 Å². The van der Waals surface area contributed by atoms with Crippen LogP contribution in [0.4, 0.5) is 5.69 Å². The molecule has 0 unspecified atom stereocenters. The van der Waals surface area contributed by atoms with Gasteiger partial charge in [-0.15, -0.1) is 0 Å². The Morgan fingerprint density at radius 1 is 1.13 bits per heavy atom. The molecule has 2 rings (SSSR count). The number of anilines is 1. The van der Waals surface area contributed by atoms with Crippen LogP contribution >= 0.6 is 0 Å². The van der Waals surface area contributed by atoms with Gasteiger partial charge in [-0.2, -0.15) is 5.26 Å². The van der Waals surface area contributed by atoms with Crippen molar-refractivity contribution in [1.82, 2.24) is 0 Å². The summed E-state index contributed by atoms with van der Waals surface area (Å²) in [5, 5.41) is 11.9. The van der Waals surface area contributed by atoms with E-state index in [2.05, 4.69) is 5.32 Å². The van der Waals surface area contributed by atoms with Gasteiger partial charge in [0.2, 0.25) is 0 Å². The van der Waals surface area contributed by atoms with Crippen LogP contribution in [-0.2, 0) is 4.79 Å². The van der Waals surface area contributed by atoms with Gasteiger partial charge in [0.15, 0.2) is 0 Å². The highest BCUT2D eigenvalue weighted by Gasteiger charge is 2.13. The van der Waals surface area contributed by atoms with Gasteiger partial charge in [0, 0.05) is 6.07 Å². The topological polar surface area (TPSA) is 71.3 Å². The van der Waals surface area contributed by atoms with E-state index in [0.717, 1.165) is 5.56 Å². The van der Waals surface area contributed by atoms with Crippen molar-refractivity contribution in [1.29, 1.82) is 5.26 Å². The standard InChI is InChI=1S/C18H16N2O3/c1-22-15-8-9-16(17(11-15)23-2)20-18(21)14(12-19)10-13-6-4-3-5-7-13/h3-11H,1-2H3,(H,20,21)/b14-10+. The average Bonchev–Trinajstić information content (AvgIpc) is 2.60. The van der Waals surface area contributed by atoms with Crippen LogP contribution in [0.1, 0.15) is 5.56 Å². The molecule has 2 aromatic rings. The van der Waals surface area contributed by atoms with E-state index in [-0.39, 0.29) is 5.57 Å². The van der Waals surface area contributed by atoms with Crippen molar-refractivity contribution in [3.63, 3.8) is 0 Å². The zero-order valence-electron chi connectivity index (χ0n) is 12.9. The number of carbonyl (C=O) groups excluding carboxylic acids is 1. The van der Waals surface area contributed by atoms with Crippen LogP contribution in [0.15, 0.2) is 54.1 Å². The fraction of sp³-hybridized carbons (Fsp3) is 0.111. The molecule has 0 aliphatic carbocycles. The maximum absolute atomic E-state index is 12.3. The summed E-state index contributed by atoms with van der Waals surface area (Å²) in [7, 11) is 3.04. The Morgan fingerprint density at radius 3 is 2.48 bits per heavy atom. The molecular weight excluding hydrogens is 292 g/mol. The lowest BCUT2D eigenvalue weighted by Crippen LogP contribution is -2.14. The fourth-order valence-electron chi connectivity index (χ4n) is 1.96. The summed E-state index contributed by atoms with van der Waals surface area (Å²) in [6.45, 7) is 0. The summed E-state index contributed by atoms with van der Waals surface area (Å²) in [4.78, 5) is 12.3. The largest absolute Gasteiger partial charge is 0.497 e. The maximum atomic E-state index is 12.3. The maximum Gasteiger partial charge on any atom is 0.266 e. The molecule has 0 bridgehead atoms. The van der Waals surface area contributed by atoms with E-state index in [1.807, 2.05) is 36.4 Å². The van der Waals surface area contributed by atoms with E-state index in [1.165, 1.54) is 13.2 Å². The third-order valence-electron chi connectivity index (χ3n) is 3.13. The molecule has 0 aliphatic heterocycles. The van der Waals surface area contributed by atoms with E-state index in [9.17, 15) is 10.1 Å². The lowest BCUT2D eigenvalue weighted by Gasteiger charge is -2.11. The first-order valence-electron chi connectivity index (χ1n) is 6.88. The second-order valence-electron chi connectivity index (χ2n) is 4.60. The lowest BCUT2D eigenvalue weighted by molar-refractivity contribution is -0.112. The molecule has 1 N–H and O–H groups in total. The minimum absolute atomic E-state index is 0.00840. The molecule has 0 saturated carbocycles. The van der Waals surface area contributed by atoms with E-state index >= 15 is 0 Å². The van der Waals surface area contributed by atoms with E-state index in [4.69, 9.17) is 9.47 Å². The minimum Gasteiger partial charge on any atom is -0.497 e. The second-order valence-corrected chi connectivity index (χ2v) is 4.60. The van der Waals surface area contributed by atoms with Crippen LogP contribution in [0.25, 0.3) is 6.08 Å². The molecular formula is C18H16N2O3. The van der Waals surface area contributed by atoms with Crippen molar-refractivity contribution in [2.75, 3.05) is 19.5 Å². The molecule has 2 aromatic carbocycles. The minimum atomic E-state index is -0.500. The molecule has 0 aliphatic rings. The van der Waals surface area contributed by atoms with Crippen molar-refractivity contribution in [2.24, 2.45) is 0 Å². The fourth-order valence-corrected chi connectivity index (χ4v) is 1.96. The molecule has 1 amide bonds. The van der Waals surface area contributed by atoms with Crippen LogP contribution in [-0.4, -0.2) is 20.1 Å². The normalized spacial score (nSPS) is 10.6. The molecule has 0 fully saturated rings. The van der Waals surface area contributed by atoms with Gasteiger partial charge in [-0.05, 0) is 23.8 Å². The Labute approximate surface area is 134 Å². The van der Waals surface area contributed by atoms with E-state index in [0.29, 0.717) is 17.2 Å². The predicted molar refractivity (Wildman–Crippen MR) is 88.2 cm³/mol. The number of hydrogen-bond acceptors (Lipinski definition) is 4. The molecule has 0 spiro atoms. The smallest absolute Gasteiger partial charge is 0.266 e. The predicted octanol–water partition coefficient (Wildman–Crippen LogP) is 3.25. The van der Waals surface area contributed by atoms with Crippen molar-refractivity contribution in [3.05, 3.63) is 59.7 Å². The van der Waals surface area contributed by atoms with Crippen LogP contribution in [0.5, 0.6) is 11.5 Å². The summed E-state index contributed by atoms with van der Waals surface area (Å²) in [6.07, 6.45) is 1.53. The highest BCUT2D eigenvalue weighted by atomic mass is 16.5. The molecule has 116 valence electrons. The van der Waals surface area contributed by atoms with Gasteiger partial charge in [0.05, 0.1) is 19.9 Å². The zero-order valence-corrected chi connectivity index (χ0v) is 12.9. The van der Waals surface area contributed by atoms with E-state index < -0.39 is 5.91 Å². The van der Waals surface area contributed by atoms with Gasteiger partial charge in [0.1, 0.15) is 23.1 Å². The SMILES string of the molecule is COc1ccc(NC(=O)/C(C#N)=C/c2ccccc2)c(OC)c1. The van der Waals surface area contributed by atoms with Gasteiger partial charge in [0.25, 0.3) is 5.91 Å². The highest BCUT2D eigenvalue weighted by Crippen LogP contribution is 2.29. The number of nitrogens with zero attached hydrogens (tertiary/aromatic N) is 1. The Bertz CT molecular complexity index is 762. The quantitative estimate of drug-likeness (QED) is 0.680. The van der Waals surface area contributed by atoms with Crippen molar-refractivity contribution < 1.29 is 14.3 Å². The number of ether oxygens (including phenoxy) is 2. The zero-order chi connectivity index (χ0) is 16.7. The first-order valence-corrected chi connectivity index (χ1v) is 6.88. The number of rotatable bonds is 5. The summed E-state index contributed by atoms with van der Waals surface area (Å²) in [5.74, 6) is 0.565. The van der Waals surface area contributed by atoms with Crippen LogP contribution in [0, 0.1) is 11.3 Å². The molecule has 5 heteroatoms. The monoisotopic (exact) mass is 308 g/mol. The molecule has 0 atom stereocenters. The van der Waals surface area contributed by atoms with Gasteiger partial charge in [-0.1, -0.05) is 30.3 Å². The second kappa shape index (κ2) is 7.66. The van der Waals surface area contributed by atoms with Crippen LogP contribution in [0.2, 0.25) is 0 Å². The third kappa shape index (κ3) is 4.11. The molecule has 0 heterocycles. The number of nitriles is 1. The number of nitrogens with one attached hydrogen (secondary N) is 1. The van der Waals surface area contributed by atoms with Crippen molar-refractivity contribution >= 4 is 17.7 Å². The first kappa shape index (κ1) is 16.1. The van der Waals surface area contributed by atoms with Gasteiger partial charge in [-0.25, -0.2) is 0 Å². The average molecular weight is 308 g/mol. The Balaban J connectivity index is 2.24. The van der Waals surface area contributed by atoms with Gasteiger partial charge < -0.3 is 14.8 Å². The number of benzene rings is 2. The van der Waals surface area contributed by atoms with Crippen LogP contribution in [0.3, 0.4) is 0 Å². The Hall–Kier alpha value is -3.26. The first-order chi connectivity index (χ1) is 11.2. The number of amides is 1. The molecule has 0 aromatic heterocycles. The highest BCUT2D eigenvalue weighted by molar-refractivity contribution is 6.10. The number of hydrogen-bond donors (Lipinski definition) is 1.